The van der Waals surface area contributed by atoms with E-state index in [1.54, 1.807) is 5.57 Å². The molecule has 2 saturated carbocycles. The monoisotopic (exact) mass is 250 g/mol. The molecule has 3 aliphatic rings. The van der Waals surface area contributed by atoms with Crippen molar-refractivity contribution in [2.45, 2.75) is 25.8 Å². The van der Waals surface area contributed by atoms with Crippen molar-refractivity contribution in [1.82, 2.24) is 4.57 Å². The normalized spacial score (nSPS) is 34.3. The smallest absolute Gasteiger partial charge is 0.114 e. The van der Waals surface area contributed by atoms with Gasteiger partial charge in [0.1, 0.15) is 5.82 Å². The van der Waals surface area contributed by atoms with Crippen LogP contribution in [-0.4, -0.2) is 10.6 Å². The van der Waals surface area contributed by atoms with Gasteiger partial charge in [-0.1, -0.05) is 25.1 Å². The Balaban J connectivity index is 1.77. The van der Waals surface area contributed by atoms with E-state index in [2.05, 4.69) is 54.2 Å². The van der Waals surface area contributed by atoms with E-state index in [0.717, 1.165) is 5.92 Å². The first kappa shape index (κ1) is 10.1. The van der Waals surface area contributed by atoms with Crippen LogP contribution in [0.25, 0.3) is 17.0 Å². The average molecular weight is 250 g/mol. The van der Waals surface area contributed by atoms with Gasteiger partial charge >= 0.3 is 0 Å². The number of fused-ring (bicyclic) bond motifs is 6. The first-order valence-corrected chi connectivity index (χ1v) is 7.22. The fourth-order valence-corrected chi connectivity index (χ4v) is 4.41. The van der Waals surface area contributed by atoms with E-state index in [9.17, 15) is 0 Å². The Bertz CT molecular complexity index is 752. The van der Waals surface area contributed by atoms with Gasteiger partial charge in [-0.3, -0.25) is 0 Å². The second-order valence-corrected chi connectivity index (χ2v) is 6.82. The van der Waals surface area contributed by atoms with Crippen molar-refractivity contribution in [3.8, 4) is 0 Å². The Morgan fingerprint density at radius 1 is 1.32 bits per heavy atom. The van der Waals surface area contributed by atoms with Crippen LogP contribution in [-0.2, 0) is 7.05 Å². The minimum atomic E-state index is 0.598. The Hall–Kier alpha value is -1.70. The summed E-state index contributed by atoms with van der Waals surface area (Å²) in [6, 6.07) is 9.32. The number of aromatic nitrogens is 1. The van der Waals surface area contributed by atoms with E-state index in [1.807, 2.05) is 0 Å². The van der Waals surface area contributed by atoms with Crippen molar-refractivity contribution < 1.29 is 0 Å². The van der Waals surface area contributed by atoms with Crippen LogP contribution < -0.4 is 5.32 Å². The zero-order valence-electron chi connectivity index (χ0n) is 11.4. The zero-order chi connectivity index (χ0) is 12.8. The third kappa shape index (κ3) is 1.09. The molecular weight excluding hydrogens is 232 g/mol. The van der Waals surface area contributed by atoms with Crippen molar-refractivity contribution in [2.24, 2.45) is 18.4 Å². The fraction of sp³-hybridized carbons (Fsp3) is 0.412. The molecule has 5 rings (SSSR count). The van der Waals surface area contributed by atoms with Crippen LogP contribution in [0.4, 0.5) is 5.82 Å². The zero-order valence-corrected chi connectivity index (χ0v) is 11.4. The predicted octanol–water partition coefficient (Wildman–Crippen LogP) is 3.79. The molecule has 0 bridgehead atoms. The van der Waals surface area contributed by atoms with Crippen LogP contribution in [0.15, 0.2) is 29.8 Å². The van der Waals surface area contributed by atoms with Gasteiger partial charge in [0.05, 0.1) is 6.04 Å². The minimum Gasteiger partial charge on any atom is -0.364 e. The van der Waals surface area contributed by atoms with Crippen LogP contribution in [0.5, 0.6) is 0 Å². The summed E-state index contributed by atoms with van der Waals surface area (Å²) in [6.07, 6.45) is 5.16. The lowest BCUT2D eigenvalue weighted by Gasteiger charge is -2.24. The first-order chi connectivity index (χ1) is 9.17. The van der Waals surface area contributed by atoms with Gasteiger partial charge in [-0.25, -0.2) is 0 Å². The van der Waals surface area contributed by atoms with E-state index in [1.165, 1.54) is 35.1 Å². The number of rotatable bonds is 0. The summed E-state index contributed by atoms with van der Waals surface area (Å²) >= 11 is 0. The van der Waals surface area contributed by atoms with E-state index < -0.39 is 0 Å². The maximum absolute atomic E-state index is 3.83. The third-order valence-electron chi connectivity index (χ3n) is 5.60. The molecule has 1 aromatic heterocycles. The van der Waals surface area contributed by atoms with Crippen LogP contribution >= 0.6 is 0 Å². The summed E-state index contributed by atoms with van der Waals surface area (Å²) < 4.78 is 2.32. The molecule has 1 aliphatic heterocycles. The van der Waals surface area contributed by atoms with Gasteiger partial charge in [-0.05, 0) is 41.9 Å². The number of para-hydroxylation sites is 1. The molecule has 19 heavy (non-hydrogen) atoms. The van der Waals surface area contributed by atoms with Gasteiger partial charge in [0.15, 0.2) is 0 Å². The predicted molar refractivity (Wildman–Crippen MR) is 79.1 cm³/mol. The number of nitrogens with one attached hydrogen (secondary N) is 1. The Labute approximate surface area is 113 Å². The van der Waals surface area contributed by atoms with Gasteiger partial charge in [0.2, 0.25) is 0 Å². The molecule has 0 spiro atoms. The lowest BCUT2D eigenvalue weighted by molar-refractivity contribution is 0.564. The Morgan fingerprint density at radius 2 is 2.16 bits per heavy atom. The molecule has 1 N–H and O–H groups in total. The molecule has 0 amide bonds. The number of hydrogen-bond acceptors (Lipinski definition) is 1. The number of hydrogen-bond donors (Lipinski definition) is 1. The van der Waals surface area contributed by atoms with E-state index in [0.29, 0.717) is 11.5 Å². The highest BCUT2D eigenvalue weighted by molar-refractivity contribution is 5.97. The van der Waals surface area contributed by atoms with Crippen molar-refractivity contribution in [3.05, 3.63) is 35.4 Å². The Morgan fingerprint density at radius 3 is 3.05 bits per heavy atom. The van der Waals surface area contributed by atoms with Gasteiger partial charge < -0.3 is 9.88 Å². The number of benzene rings is 1. The quantitative estimate of drug-likeness (QED) is 0.753. The first-order valence-electron chi connectivity index (χ1n) is 7.22. The third-order valence-corrected chi connectivity index (χ3v) is 5.60. The van der Waals surface area contributed by atoms with Crippen molar-refractivity contribution in [1.29, 1.82) is 0 Å². The average Bonchev–Trinajstić information content (AvgIpc) is 2.90. The molecule has 2 heteroatoms. The molecule has 0 saturated heterocycles. The molecule has 2 fully saturated rings. The highest BCUT2D eigenvalue weighted by atomic mass is 15.1. The molecule has 3 atom stereocenters. The lowest BCUT2D eigenvalue weighted by Crippen LogP contribution is -2.25. The summed E-state index contributed by atoms with van der Waals surface area (Å²) in [5.74, 6) is 2.18. The topological polar surface area (TPSA) is 17.0 Å². The summed E-state index contributed by atoms with van der Waals surface area (Å²) in [4.78, 5) is 0. The second-order valence-electron chi connectivity index (χ2n) is 6.82. The molecular formula is C17H18N2. The van der Waals surface area contributed by atoms with Crippen molar-refractivity contribution in [3.63, 3.8) is 0 Å². The summed E-state index contributed by atoms with van der Waals surface area (Å²) in [7, 11) is 2.17. The van der Waals surface area contributed by atoms with E-state index >= 15 is 0 Å². The van der Waals surface area contributed by atoms with Crippen molar-refractivity contribution >= 4 is 22.8 Å². The standard InChI is InChI=1S/C17H18N2/c1-17-8-10-7-12-11-5-3-4-6-14(11)19(2)16(12)18-15(10)13(17)9-17/h3-7,13,15,18H,8-9H2,1-2H3/t13-,15?,17?/m0/s1. The molecule has 2 aliphatic carbocycles. The number of anilines is 1. The Kier molecular flexibility index (Phi) is 1.54. The summed E-state index contributed by atoms with van der Waals surface area (Å²) in [5, 5.41) is 5.21. The number of nitrogens with zero attached hydrogens (tertiary/aromatic N) is 1. The van der Waals surface area contributed by atoms with Gasteiger partial charge in [-0.15, -0.1) is 0 Å². The van der Waals surface area contributed by atoms with Crippen LogP contribution in [0.1, 0.15) is 25.3 Å². The highest BCUT2D eigenvalue weighted by Gasteiger charge is 2.61. The van der Waals surface area contributed by atoms with E-state index in [4.69, 9.17) is 0 Å². The fourth-order valence-electron chi connectivity index (χ4n) is 4.41. The van der Waals surface area contributed by atoms with Crippen molar-refractivity contribution in [2.75, 3.05) is 5.32 Å². The van der Waals surface area contributed by atoms with Gasteiger partial charge in [-0.2, -0.15) is 0 Å². The molecule has 2 aromatic rings. The SMILES string of the molecule is Cn1c2c(c3ccccc31)C=C1CC3(C)C[C@H]3C1N2. The summed E-state index contributed by atoms with van der Waals surface area (Å²) in [5.41, 5.74) is 4.95. The molecule has 2 heterocycles. The molecule has 2 nitrogen and oxygen atoms in total. The van der Waals surface area contributed by atoms with Gasteiger partial charge in [0, 0.05) is 23.5 Å². The second kappa shape index (κ2) is 2.90. The molecule has 96 valence electrons. The minimum absolute atomic E-state index is 0.598. The maximum Gasteiger partial charge on any atom is 0.114 e. The number of aryl methyl sites for hydroxylation is 1. The van der Waals surface area contributed by atoms with Crippen LogP contribution in [0.3, 0.4) is 0 Å². The van der Waals surface area contributed by atoms with E-state index in [-0.39, 0.29) is 0 Å². The van der Waals surface area contributed by atoms with Crippen LogP contribution in [0.2, 0.25) is 0 Å². The van der Waals surface area contributed by atoms with Crippen LogP contribution in [0, 0.1) is 11.3 Å². The van der Waals surface area contributed by atoms with Gasteiger partial charge in [0.25, 0.3) is 0 Å². The largest absolute Gasteiger partial charge is 0.364 e. The highest BCUT2D eigenvalue weighted by Crippen LogP contribution is 2.66. The lowest BCUT2D eigenvalue weighted by atomic mass is 9.97. The molecule has 0 radical (unpaired) electrons. The molecule has 2 unspecified atom stereocenters. The summed E-state index contributed by atoms with van der Waals surface area (Å²) in [6.45, 7) is 2.45. The molecule has 1 aromatic carbocycles. The maximum atomic E-state index is 3.83.